The van der Waals surface area contributed by atoms with Gasteiger partial charge in [0.05, 0.1) is 0 Å². The Morgan fingerprint density at radius 3 is 2.38 bits per heavy atom. The molecule has 0 saturated carbocycles. The highest BCUT2D eigenvalue weighted by Crippen LogP contribution is 2.29. The molecule has 1 atom stereocenters. The molecule has 1 unspecified atom stereocenters. The van der Waals surface area contributed by atoms with Crippen molar-refractivity contribution in [1.29, 1.82) is 0 Å². The van der Waals surface area contributed by atoms with Crippen molar-refractivity contribution in [2.45, 2.75) is 57.9 Å². The van der Waals surface area contributed by atoms with Crippen molar-refractivity contribution in [3.05, 3.63) is 0 Å². The largest absolute Gasteiger partial charge is 0.310 e. The molecule has 2 heterocycles. The average Bonchev–Trinajstić information content (AvgIpc) is 2.31. The summed E-state index contributed by atoms with van der Waals surface area (Å²) in [5.41, 5.74) is 0.412. The van der Waals surface area contributed by atoms with E-state index in [9.17, 15) is 0 Å². The van der Waals surface area contributed by atoms with Crippen LogP contribution >= 0.6 is 0 Å². The molecule has 0 aromatic carbocycles. The second-order valence-electron chi connectivity index (χ2n) is 6.03. The quantitative estimate of drug-likeness (QED) is 0.793. The first-order chi connectivity index (χ1) is 7.73. The van der Waals surface area contributed by atoms with Crippen molar-refractivity contribution < 1.29 is 0 Å². The van der Waals surface area contributed by atoms with E-state index in [-0.39, 0.29) is 0 Å². The highest BCUT2D eigenvalue weighted by molar-refractivity contribution is 4.96. The molecule has 94 valence electrons. The van der Waals surface area contributed by atoms with Gasteiger partial charge in [-0.25, -0.2) is 0 Å². The van der Waals surface area contributed by atoms with E-state index in [1.54, 1.807) is 0 Å². The van der Waals surface area contributed by atoms with Gasteiger partial charge < -0.3 is 10.2 Å². The van der Waals surface area contributed by atoms with E-state index in [1.807, 2.05) is 0 Å². The first-order valence-corrected chi connectivity index (χ1v) is 7.20. The molecule has 0 amide bonds. The third kappa shape index (κ3) is 2.78. The summed E-state index contributed by atoms with van der Waals surface area (Å²) in [6, 6.07) is 0. The fourth-order valence-corrected chi connectivity index (χ4v) is 3.32. The van der Waals surface area contributed by atoms with Crippen LogP contribution in [0.3, 0.4) is 0 Å². The van der Waals surface area contributed by atoms with Crippen LogP contribution in [-0.2, 0) is 0 Å². The molecule has 0 aliphatic carbocycles. The molecule has 0 aromatic heterocycles. The topological polar surface area (TPSA) is 15.3 Å². The zero-order valence-electron chi connectivity index (χ0n) is 11.1. The molecule has 1 N–H and O–H groups in total. The summed E-state index contributed by atoms with van der Waals surface area (Å²) in [6.45, 7) is 9.95. The monoisotopic (exact) mass is 224 g/mol. The van der Waals surface area contributed by atoms with Crippen LogP contribution in [0.25, 0.3) is 0 Å². The van der Waals surface area contributed by atoms with E-state index in [0.29, 0.717) is 5.54 Å². The molecule has 2 aliphatic rings. The Morgan fingerprint density at radius 1 is 1.06 bits per heavy atom. The minimum atomic E-state index is 0.412. The van der Waals surface area contributed by atoms with Crippen molar-refractivity contribution in [2.24, 2.45) is 5.92 Å². The maximum atomic E-state index is 3.84. The summed E-state index contributed by atoms with van der Waals surface area (Å²) in [4.78, 5) is 2.70. The van der Waals surface area contributed by atoms with Crippen molar-refractivity contribution in [3.63, 3.8) is 0 Å². The summed E-state index contributed by atoms with van der Waals surface area (Å²) in [5, 5.41) is 3.84. The predicted octanol–water partition coefficient (Wildman–Crippen LogP) is 2.64. The van der Waals surface area contributed by atoms with Crippen LogP contribution in [0.15, 0.2) is 0 Å². The fourth-order valence-electron chi connectivity index (χ4n) is 3.32. The van der Waals surface area contributed by atoms with Crippen LogP contribution < -0.4 is 5.32 Å². The number of likely N-dealkylation sites (tertiary alicyclic amines) is 1. The lowest BCUT2D eigenvalue weighted by atomic mass is 9.78. The molecule has 2 aliphatic heterocycles. The predicted molar refractivity (Wildman–Crippen MR) is 69.7 cm³/mol. The van der Waals surface area contributed by atoms with Crippen molar-refractivity contribution in [1.82, 2.24) is 10.2 Å². The Balaban J connectivity index is 1.95. The summed E-state index contributed by atoms with van der Waals surface area (Å²) < 4.78 is 0. The van der Waals surface area contributed by atoms with Gasteiger partial charge in [0.2, 0.25) is 0 Å². The standard InChI is InChI=1S/C14H28N2/c1-13(2)14(8-4-5-9-15-14)12-16-10-6-3-7-11-16/h13,15H,3-12H2,1-2H3. The summed E-state index contributed by atoms with van der Waals surface area (Å²) >= 11 is 0. The molecule has 16 heavy (non-hydrogen) atoms. The van der Waals surface area contributed by atoms with Gasteiger partial charge in [0, 0.05) is 12.1 Å². The van der Waals surface area contributed by atoms with Crippen molar-refractivity contribution >= 4 is 0 Å². The smallest absolute Gasteiger partial charge is 0.0331 e. The van der Waals surface area contributed by atoms with Crippen LogP contribution in [0.1, 0.15) is 52.4 Å². The van der Waals surface area contributed by atoms with Gasteiger partial charge in [0.1, 0.15) is 0 Å². The van der Waals surface area contributed by atoms with Gasteiger partial charge in [-0.05, 0) is 51.2 Å². The number of piperidine rings is 2. The van der Waals surface area contributed by atoms with Crippen LogP contribution in [0, 0.1) is 5.92 Å². The van der Waals surface area contributed by atoms with Crippen LogP contribution in [0.5, 0.6) is 0 Å². The van der Waals surface area contributed by atoms with Gasteiger partial charge in [-0.15, -0.1) is 0 Å². The Hall–Kier alpha value is -0.0800. The van der Waals surface area contributed by atoms with Crippen molar-refractivity contribution in [3.8, 4) is 0 Å². The second kappa shape index (κ2) is 5.50. The van der Waals surface area contributed by atoms with Gasteiger partial charge in [-0.2, -0.15) is 0 Å². The fraction of sp³-hybridized carbons (Fsp3) is 1.00. The molecule has 0 aromatic rings. The number of rotatable bonds is 3. The zero-order chi connectivity index (χ0) is 11.4. The van der Waals surface area contributed by atoms with Gasteiger partial charge in [-0.1, -0.05) is 26.7 Å². The highest BCUT2D eigenvalue weighted by Gasteiger charge is 2.36. The zero-order valence-corrected chi connectivity index (χ0v) is 11.1. The Morgan fingerprint density at radius 2 is 1.81 bits per heavy atom. The SMILES string of the molecule is CC(C)C1(CN2CCCCC2)CCCCN1. The van der Waals surface area contributed by atoms with E-state index < -0.39 is 0 Å². The molecule has 0 bridgehead atoms. The first-order valence-electron chi connectivity index (χ1n) is 7.20. The maximum absolute atomic E-state index is 3.84. The number of hydrogen-bond donors (Lipinski definition) is 1. The van der Waals surface area contributed by atoms with Gasteiger partial charge in [0.25, 0.3) is 0 Å². The molecule has 0 radical (unpaired) electrons. The van der Waals surface area contributed by atoms with Crippen molar-refractivity contribution in [2.75, 3.05) is 26.2 Å². The van der Waals surface area contributed by atoms with Gasteiger partial charge in [-0.3, -0.25) is 0 Å². The molecule has 2 saturated heterocycles. The lowest BCUT2D eigenvalue weighted by Crippen LogP contribution is -2.59. The van der Waals surface area contributed by atoms with Crippen LogP contribution in [-0.4, -0.2) is 36.6 Å². The minimum absolute atomic E-state index is 0.412. The lowest BCUT2D eigenvalue weighted by molar-refractivity contribution is 0.0977. The first kappa shape index (κ1) is 12.4. The lowest BCUT2D eigenvalue weighted by Gasteiger charge is -2.46. The van der Waals surface area contributed by atoms with E-state index >= 15 is 0 Å². The van der Waals surface area contributed by atoms with E-state index in [0.717, 1.165) is 5.92 Å². The minimum Gasteiger partial charge on any atom is -0.310 e. The average molecular weight is 224 g/mol. The number of hydrogen-bond acceptors (Lipinski definition) is 2. The summed E-state index contributed by atoms with van der Waals surface area (Å²) in [5.74, 6) is 0.759. The Bertz CT molecular complexity index is 201. The summed E-state index contributed by atoms with van der Waals surface area (Å²) in [7, 11) is 0. The van der Waals surface area contributed by atoms with Gasteiger partial charge in [0.15, 0.2) is 0 Å². The molecule has 2 rings (SSSR count). The van der Waals surface area contributed by atoms with Gasteiger partial charge >= 0.3 is 0 Å². The van der Waals surface area contributed by atoms with Crippen LogP contribution in [0.4, 0.5) is 0 Å². The second-order valence-corrected chi connectivity index (χ2v) is 6.03. The molecule has 2 nitrogen and oxygen atoms in total. The Labute approximate surface area is 101 Å². The number of nitrogens with zero attached hydrogens (tertiary/aromatic N) is 1. The molecule has 0 spiro atoms. The van der Waals surface area contributed by atoms with E-state index in [1.165, 1.54) is 64.7 Å². The molecule has 2 fully saturated rings. The maximum Gasteiger partial charge on any atom is 0.0331 e. The van der Waals surface area contributed by atoms with E-state index in [2.05, 4.69) is 24.1 Å². The molecular formula is C14H28N2. The Kier molecular flexibility index (Phi) is 4.26. The third-order valence-electron chi connectivity index (χ3n) is 4.59. The van der Waals surface area contributed by atoms with E-state index in [4.69, 9.17) is 0 Å². The number of nitrogens with one attached hydrogen (secondary N) is 1. The normalized spacial score (nSPS) is 33.2. The highest BCUT2D eigenvalue weighted by atomic mass is 15.2. The van der Waals surface area contributed by atoms with Crippen LogP contribution in [0.2, 0.25) is 0 Å². The molecular weight excluding hydrogens is 196 g/mol. The molecule has 2 heteroatoms. The third-order valence-corrected chi connectivity index (χ3v) is 4.59. The summed E-state index contributed by atoms with van der Waals surface area (Å²) in [6.07, 6.45) is 8.43.